The van der Waals surface area contributed by atoms with Crippen molar-refractivity contribution in [2.24, 2.45) is 27.9 Å². The van der Waals surface area contributed by atoms with E-state index in [1.54, 1.807) is 6.20 Å². The number of aromatic nitrogens is 1. The Labute approximate surface area is 236 Å². The van der Waals surface area contributed by atoms with E-state index in [2.05, 4.69) is 20.6 Å². The second-order valence-corrected chi connectivity index (χ2v) is 9.94. The molecule has 4 atom stereocenters. The number of aliphatic imine (C=N–C) groups is 1. The van der Waals surface area contributed by atoms with Gasteiger partial charge in [0, 0.05) is 36.6 Å². The number of fused-ring (bicyclic) bond motifs is 1. The number of aromatic amines is 1. The second kappa shape index (κ2) is 14.1. The number of carboxylic acid groups (broad SMARTS) is 1. The van der Waals surface area contributed by atoms with E-state index in [4.69, 9.17) is 22.9 Å². The number of nitrogens with one attached hydrogen (secondary N) is 3. The van der Waals surface area contributed by atoms with Crippen molar-refractivity contribution >= 4 is 46.5 Å². The lowest BCUT2D eigenvalue weighted by Crippen LogP contribution is -2.58. The summed E-state index contributed by atoms with van der Waals surface area (Å²) in [5.74, 6) is -4.24. The lowest BCUT2D eigenvalue weighted by molar-refractivity contribution is -0.149. The van der Waals surface area contributed by atoms with Gasteiger partial charge in [0.1, 0.15) is 18.1 Å². The molecule has 15 nitrogen and oxygen atoms in total. The molecule has 2 aromatic rings. The number of carbonyl (C=O) groups excluding carboxylic acids is 4. The van der Waals surface area contributed by atoms with Gasteiger partial charge in [0.2, 0.25) is 23.6 Å². The molecule has 2 heterocycles. The molecule has 0 radical (unpaired) electrons. The summed E-state index contributed by atoms with van der Waals surface area (Å²) in [5.41, 5.74) is 23.6. The van der Waals surface area contributed by atoms with Gasteiger partial charge >= 0.3 is 5.97 Å². The number of hydrogen-bond acceptors (Lipinski definition) is 7. The minimum atomic E-state index is -1.42. The van der Waals surface area contributed by atoms with Crippen LogP contribution in [0.25, 0.3) is 10.9 Å². The van der Waals surface area contributed by atoms with Crippen LogP contribution in [0.4, 0.5) is 0 Å². The molecule has 15 heteroatoms. The minimum Gasteiger partial charge on any atom is -0.480 e. The largest absolute Gasteiger partial charge is 0.480 e. The van der Waals surface area contributed by atoms with Gasteiger partial charge in [-0.1, -0.05) is 18.2 Å². The number of para-hydroxylation sites is 1. The summed E-state index contributed by atoms with van der Waals surface area (Å²) in [4.78, 5) is 71.3. The molecule has 0 spiro atoms. The van der Waals surface area contributed by atoms with Crippen molar-refractivity contribution in [1.29, 1.82) is 0 Å². The maximum Gasteiger partial charge on any atom is 0.326 e. The molecule has 1 fully saturated rings. The van der Waals surface area contributed by atoms with Crippen LogP contribution in [0.15, 0.2) is 35.5 Å². The molecule has 1 aromatic heterocycles. The molecule has 41 heavy (non-hydrogen) atoms. The molecule has 0 aliphatic carbocycles. The average molecular weight is 572 g/mol. The molecular weight excluding hydrogens is 534 g/mol. The summed E-state index contributed by atoms with van der Waals surface area (Å²) in [6.07, 6.45) is 2.55. The van der Waals surface area contributed by atoms with Gasteiger partial charge in [-0.2, -0.15) is 0 Å². The summed E-state index contributed by atoms with van der Waals surface area (Å²) in [5, 5.41) is 15.5. The minimum absolute atomic E-state index is 0.0290. The Bertz CT molecular complexity index is 1310. The van der Waals surface area contributed by atoms with E-state index in [0.29, 0.717) is 18.4 Å². The zero-order valence-electron chi connectivity index (χ0n) is 22.5. The lowest BCUT2D eigenvalue weighted by atomic mass is 10.0. The van der Waals surface area contributed by atoms with E-state index in [1.807, 2.05) is 24.3 Å². The molecule has 1 aliphatic heterocycles. The standard InChI is InChI=1S/C26H37N9O6/c27-16(6-3-9-31-26(29)30)22(37)33-18(11-14-13-32-17-7-2-1-5-15(14)17)23(38)34-19(12-21(28)36)24(39)35-10-4-8-20(35)25(40)41/h1-2,5,7,13,16,18-20,32H,3-4,6,8-12,27H2,(H2,28,36)(H,33,37)(H,34,38)(H,40,41)(H4,29,30,31). The van der Waals surface area contributed by atoms with Crippen LogP contribution in [0.3, 0.4) is 0 Å². The summed E-state index contributed by atoms with van der Waals surface area (Å²) in [7, 11) is 0. The van der Waals surface area contributed by atoms with Crippen molar-refractivity contribution in [3.05, 3.63) is 36.0 Å². The molecule has 1 aromatic carbocycles. The topological polar surface area (TPSA) is 265 Å². The fourth-order valence-electron chi connectivity index (χ4n) is 4.82. The van der Waals surface area contributed by atoms with Crippen molar-refractivity contribution in [2.75, 3.05) is 13.1 Å². The van der Waals surface area contributed by atoms with Crippen LogP contribution in [-0.4, -0.2) is 87.8 Å². The molecule has 0 saturated carbocycles. The number of nitrogens with two attached hydrogens (primary N) is 4. The van der Waals surface area contributed by atoms with Gasteiger partial charge in [-0.3, -0.25) is 24.2 Å². The number of guanidine groups is 1. The Morgan fingerprint density at radius 2 is 1.78 bits per heavy atom. The van der Waals surface area contributed by atoms with Crippen LogP contribution in [0.2, 0.25) is 0 Å². The van der Waals surface area contributed by atoms with Gasteiger partial charge in [0.25, 0.3) is 0 Å². The van der Waals surface area contributed by atoms with Crippen LogP contribution in [0.5, 0.6) is 0 Å². The van der Waals surface area contributed by atoms with Gasteiger partial charge in [-0.05, 0) is 37.3 Å². The Morgan fingerprint density at radius 1 is 1.07 bits per heavy atom. The van der Waals surface area contributed by atoms with Gasteiger partial charge in [-0.15, -0.1) is 0 Å². The van der Waals surface area contributed by atoms with Crippen molar-refractivity contribution in [3.8, 4) is 0 Å². The van der Waals surface area contributed by atoms with E-state index < -0.39 is 60.2 Å². The van der Waals surface area contributed by atoms with E-state index in [0.717, 1.165) is 15.8 Å². The van der Waals surface area contributed by atoms with E-state index in [-0.39, 0.29) is 38.3 Å². The number of rotatable bonds is 14. The van der Waals surface area contributed by atoms with Crippen LogP contribution in [0.1, 0.15) is 37.7 Å². The molecule has 4 amide bonds. The Balaban J connectivity index is 1.81. The van der Waals surface area contributed by atoms with E-state index >= 15 is 0 Å². The van der Waals surface area contributed by atoms with Crippen molar-refractivity contribution < 1.29 is 29.1 Å². The third kappa shape index (κ3) is 8.41. The van der Waals surface area contributed by atoms with Crippen molar-refractivity contribution in [3.63, 3.8) is 0 Å². The Kier molecular flexibility index (Phi) is 10.6. The fourth-order valence-corrected chi connectivity index (χ4v) is 4.82. The Morgan fingerprint density at radius 3 is 2.46 bits per heavy atom. The van der Waals surface area contributed by atoms with Gasteiger partial charge < -0.3 is 48.6 Å². The molecule has 3 rings (SSSR count). The fraction of sp³-hybridized carbons (Fsp3) is 0.462. The highest BCUT2D eigenvalue weighted by Crippen LogP contribution is 2.21. The summed E-state index contributed by atoms with van der Waals surface area (Å²) < 4.78 is 0. The number of carbonyl (C=O) groups is 5. The van der Waals surface area contributed by atoms with Gasteiger partial charge in [0.15, 0.2) is 5.96 Å². The number of benzene rings is 1. The molecule has 1 saturated heterocycles. The van der Waals surface area contributed by atoms with E-state index in [9.17, 15) is 29.1 Å². The van der Waals surface area contributed by atoms with Crippen LogP contribution in [-0.2, 0) is 30.4 Å². The average Bonchev–Trinajstić information content (AvgIpc) is 3.57. The molecule has 12 N–H and O–H groups in total. The maximum atomic E-state index is 13.6. The molecule has 4 unspecified atom stereocenters. The summed E-state index contributed by atoms with van der Waals surface area (Å²) in [6, 6.07) is 2.72. The van der Waals surface area contributed by atoms with Crippen LogP contribution >= 0.6 is 0 Å². The maximum absolute atomic E-state index is 13.6. The molecule has 222 valence electrons. The highest BCUT2D eigenvalue weighted by molar-refractivity contribution is 5.96. The van der Waals surface area contributed by atoms with Crippen LogP contribution < -0.4 is 33.6 Å². The predicted octanol–water partition coefficient (Wildman–Crippen LogP) is -1.99. The number of hydrogen-bond donors (Lipinski definition) is 8. The van der Waals surface area contributed by atoms with Gasteiger partial charge in [0.05, 0.1) is 12.5 Å². The van der Waals surface area contributed by atoms with Crippen molar-refractivity contribution in [1.82, 2.24) is 20.5 Å². The van der Waals surface area contributed by atoms with Crippen molar-refractivity contribution in [2.45, 2.75) is 62.7 Å². The zero-order valence-corrected chi connectivity index (χ0v) is 22.5. The first-order valence-corrected chi connectivity index (χ1v) is 13.3. The highest BCUT2D eigenvalue weighted by Gasteiger charge is 2.39. The first-order chi connectivity index (χ1) is 19.5. The predicted molar refractivity (Wildman–Crippen MR) is 150 cm³/mol. The number of amides is 4. The SMILES string of the molecule is NC(=O)CC(NC(=O)C(Cc1c[nH]c2ccccc12)NC(=O)C(N)CCCN=C(N)N)C(=O)N1CCCC1C(=O)O. The molecule has 1 aliphatic rings. The summed E-state index contributed by atoms with van der Waals surface area (Å²) in [6.45, 7) is 0.429. The Hall–Kier alpha value is -4.66. The number of aliphatic carboxylic acids is 1. The third-order valence-electron chi connectivity index (χ3n) is 6.88. The zero-order chi connectivity index (χ0) is 30.1. The summed E-state index contributed by atoms with van der Waals surface area (Å²) >= 11 is 0. The highest BCUT2D eigenvalue weighted by atomic mass is 16.4. The normalized spacial score (nSPS) is 16.9. The first kappa shape index (κ1) is 30.9. The number of H-pyrrole nitrogens is 1. The number of likely N-dealkylation sites (tertiary alicyclic amines) is 1. The second-order valence-electron chi connectivity index (χ2n) is 9.94. The lowest BCUT2D eigenvalue weighted by Gasteiger charge is -2.28. The number of carboxylic acids is 1. The molecule has 0 bridgehead atoms. The van der Waals surface area contributed by atoms with E-state index in [1.165, 1.54) is 0 Å². The molecular formula is C26H37N9O6. The number of primary amides is 1. The monoisotopic (exact) mass is 571 g/mol. The number of nitrogens with zero attached hydrogens (tertiary/aromatic N) is 2. The third-order valence-corrected chi connectivity index (χ3v) is 6.88. The van der Waals surface area contributed by atoms with Gasteiger partial charge in [-0.25, -0.2) is 4.79 Å². The first-order valence-electron chi connectivity index (χ1n) is 13.3. The smallest absolute Gasteiger partial charge is 0.326 e. The quantitative estimate of drug-likeness (QED) is 0.0707. The van der Waals surface area contributed by atoms with Crippen LogP contribution in [0, 0.1) is 0 Å².